The quantitative estimate of drug-likeness (QED) is 0.807. The van der Waals surface area contributed by atoms with Gasteiger partial charge in [-0.05, 0) is 37.9 Å². The van der Waals surface area contributed by atoms with Crippen LogP contribution in [-0.4, -0.2) is 35.7 Å². The minimum Gasteiger partial charge on any atom is -0.272 e. The summed E-state index contributed by atoms with van der Waals surface area (Å²) in [6.45, 7) is 3.28. The zero-order valence-electron chi connectivity index (χ0n) is 11.0. The molecule has 0 aromatic heterocycles. The van der Waals surface area contributed by atoms with Gasteiger partial charge in [0.2, 0.25) is 0 Å². The van der Waals surface area contributed by atoms with E-state index in [1.807, 2.05) is 0 Å². The van der Waals surface area contributed by atoms with Crippen LogP contribution in [0.5, 0.6) is 0 Å². The molecule has 2 aliphatic rings. The highest BCUT2D eigenvalue weighted by molar-refractivity contribution is 7.94. The Morgan fingerprint density at radius 1 is 1.22 bits per heavy atom. The fraction of sp³-hybridized carbons (Fsp3) is 0.917. The van der Waals surface area contributed by atoms with Gasteiger partial charge in [-0.1, -0.05) is 19.3 Å². The van der Waals surface area contributed by atoms with Gasteiger partial charge in [0.25, 0.3) is 15.9 Å². The highest BCUT2D eigenvalue weighted by atomic mass is 32.2. The molecule has 1 aliphatic carbocycles. The molecule has 1 saturated carbocycles. The molecule has 2 fully saturated rings. The summed E-state index contributed by atoms with van der Waals surface area (Å²) in [7, 11) is -3.45. The van der Waals surface area contributed by atoms with E-state index >= 15 is 0 Å². The van der Waals surface area contributed by atoms with E-state index in [9.17, 15) is 13.2 Å². The maximum absolute atomic E-state index is 12.1. The van der Waals surface area contributed by atoms with Crippen molar-refractivity contribution in [1.29, 1.82) is 0 Å². The summed E-state index contributed by atoms with van der Waals surface area (Å²) in [6, 6.07) is 0. The Morgan fingerprint density at radius 3 is 2.22 bits per heavy atom. The molecule has 0 aromatic rings. The fourth-order valence-electron chi connectivity index (χ4n) is 2.89. The Bertz CT molecular complexity index is 450. The van der Waals surface area contributed by atoms with Crippen LogP contribution in [0.3, 0.4) is 0 Å². The predicted octanol–water partition coefficient (Wildman–Crippen LogP) is 1.82. The van der Waals surface area contributed by atoms with E-state index in [0.717, 1.165) is 30.0 Å². The summed E-state index contributed by atoms with van der Waals surface area (Å²) in [6.07, 6.45) is 5.34. The maximum atomic E-state index is 12.1. The normalized spacial score (nSPS) is 28.8. The molecule has 0 aromatic carbocycles. The van der Waals surface area contributed by atoms with Gasteiger partial charge < -0.3 is 0 Å². The third kappa shape index (κ3) is 1.88. The van der Waals surface area contributed by atoms with Crippen LogP contribution in [0, 0.1) is 5.41 Å². The summed E-state index contributed by atoms with van der Waals surface area (Å²) in [5, 5.41) is 0. The molecule has 0 radical (unpaired) electrons. The van der Waals surface area contributed by atoms with E-state index in [2.05, 4.69) is 12.6 Å². The van der Waals surface area contributed by atoms with E-state index < -0.39 is 14.8 Å². The van der Waals surface area contributed by atoms with Gasteiger partial charge in [-0.2, -0.15) is 12.6 Å². The Labute approximate surface area is 115 Å². The molecule has 104 valence electrons. The van der Waals surface area contributed by atoms with E-state index in [0.29, 0.717) is 12.3 Å². The van der Waals surface area contributed by atoms with Crippen molar-refractivity contribution < 1.29 is 13.2 Å². The van der Waals surface area contributed by atoms with Gasteiger partial charge in [0, 0.05) is 6.54 Å². The molecule has 0 unspecified atom stereocenters. The van der Waals surface area contributed by atoms with Crippen molar-refractivity contribution in [3.63, 3.8) is 0 Å². The first-order chi connectivity index (χ1) is 8.27. The standard InChI is InChI=1S/C12H21NO3S2/c1-11(2)10(14)13(18(11,15)16)8-12(9-17)6-4-3-5-7-12/h17H,3-9H2,1-2H3. The monoisotopic (exact) mass is 291 g/mol. The van der Waals surface area contributed by atoms with Crippen molar-refractivity contribution in [1.82, 2.24) is 4.31 Å². The fourth-order valence-corrected chi connectivity index (χ4v) is 4.94. The molecule has 4 nitrogen and oxygen atoms in total. The molecule has 18 heavy (non-hydrogen) atoms. The lowest BCUT2D eigenvalue weighted by Gasteiger charge is -2.48. The van der Waals surface area contributed by atoms with Gasteiger partial charge in [0.15, 0.2) is 4.75 Å². The first-order valence-corrected chi connectivity index (χ1v) is 8.52. The first-order valence-electron chi connectivity index (χ1n) is 6.44. The third-order valence-corrected chi connectivity index (χ3v) is 7.42. The first kappa shape index (κ1) is 14.2. The van der Waals surface area contributed by atoms with Gasteiger partial charge in [0.05, 0.1) is 0 Å². The summed E-state index contributed by atoms with van der Waals surface area (Å²) < 4.78 is 24.0. The number of hydrogen-bond donors (Lipinski definition) is 1. The highest BCUT2D eigenvalue weighted by Crippen LogP contribution is 2.43. The highest BCUT2D eigenvalue weighted by Gasteiger charge is 2.61. The van der Waals surface area contributed by atoms with Gasteiger partial charge in [-0.25, -0.2) is 12.7 Å². The summed E-state index contributed by atoms with van der Waals surface area (Å²) in [4.78, 5) is 12.0. The lowest BCUT2D eigenvalue weighted by atomic mass is 9.75. The number of sulfonamides is 1. The van der Waals surface area contributed by atoms with Crippen LogP contribution < -0.4 is 0 Å². The number of rotatable bonds is 3. The Hall–Kier alpha value is -0.230. The smallest absolute Gasteiger partial charge is 0.258 e. The second-order valence-corrected chi connectivity index (χ2v) is 8.77. The van der Waals surface area contributed by atoms with E-state index in [1.54, 1.807) is 0 Å². The minimum absolute atomic E-state index is 0.111. The van der Waals surface area contributed by atoms with E-state index in [-0.39, 0.29) is 11.3 Å². The second kappa shape index (κ2) is 4.40. The van der Waals surface area contributed by atoms with Crippen molar-refractivity contribution in [2.75, 3.05) is 12.3 Å². The summed E-state index contributed by atoms with van der Waals surface area (Å²) in [5.41, 5.74) is -0.111. The van der Waals surface area contributed by atoms with Gasteiger partial charge in [0.1, 0.15) is 0 Å². The maximum Gasteiger partial charge on any atom is 0.258 e. The molecule has 0 atom stereocenters. The van der Waals surface area contributed by atoms with Crippen LogP contribution >= 0.6 is 12.6 Å². The van der Waals surface area contributed by atoms with Gasteiger partial charge >= 0.3 is 0 Å². The average Bonchev–Trinajstić information content (AvgIpc) is 2.36. The van der Waals surface area contributed by atoms with Crippen molar-refractivity contribution in [3.05, 3.63) is 0 Å². The molecule has 1 saturated heterocycles. The molecule has 2 rings (SSSR count). The minimum atomic E-state index is -3.45. The van der Waals surface area contributed by atoms with Crippen molar-refractivity contribution in [3.8, 4) is 0 Å². The molecule has 0 spiro atoms. The van der Waals surface area contributed by atoms with E-state index in [1.165, 1.54) is 20.3 Å². The Kier molecular flexibility index (Phi) is 3.47. The zero-order valence-corrected chi connectivity index (χ0v) is 12.7. The zero-order chi connectivity index (χ0) is 13.6. The Balaban J connectivity index is 2.17. The molecule has 1 aliphatic heterocycles. The number of carbonyl (C=O) groups excluding carboxylic acids is 1. The third-order valence-electron chi connectivity index (χ3n) is 4.41. The molecule has 6 heteroatoms. The molecule has 1 amide bonds. The number of nitrogens with zero attached hydrogens (tertiary/aromatic N) is 1. The summed E-state index contributed by atoms with van der Waals surface area (Å²) >= 11 is 4.38. The van der Waals surface area contributed by atoms with Gasteiger partial charge in [-0.15, -0.1) is 0 Å². The molecular weight excluding hydrogens is 270 g/mol. The topological polar surface area (TPSA) is 54.5 Å². The van der Waals surface area contributed by atoms with Crippen LogP contribution in [-0.2, 0) is 14.8 Å². The van der Waals surface area contributed by atoms with Crippen LogP contribution in [0.2, 0.25) is 0 Å². The average molecular weight is 291 g/mol. The van der Waals surface area contributed by atoms with Crippen molar-refractivity contribution in [2.45, 2.75) is 50.7 Å². The number of thiol groups is 1. The Morgan fingerprint density at radius 2 is 1.78 bits per heavy atom. The van der Waals surface area contributed by atoms with Crippen LogP contribution in [0.4, 0.5) is 0 Å². The largest absolute Gasteiger partial charge is 0.272 e. The molecule has 0 bridgehead atoms. The second-order valence-electron chi connectivity index (χ2n) is 6.05. The molecule has 0 N–H and O–H groups in total. The lowest BCUT2D eigenvalue weighted by molar-refractivity contribution is -0.133. The van der Waals surface area contributed by atoms with E-state index in [4.69, 9.17) is 0 Å². The van der Waals surface area contributed by atoms with Crippen molar-refractivity contribution in [2.24, 2.45) is 5.41 Å². The number of carbonyl (C=O) groups is 1. The summed E-state index contributed by atoms with van der Waals surface area (Å²) in [5.74, 6) is 0.376. The van der Waals surface area contributed by atoms with Crippen LogP contribution in [0.15, 0.2) is 0 Å². The lowest BCUT2D eigenvalue weighted by Crippen LogP contribution is -2.69. The number of amides is 1. The van der Waals surface area contributed by atoms with Crippen molar-refractivity contribution >= 4 is 28.6 Å². The van der Waals surface area contributed by atoms with Crippen LogP contribution in [0.1, 0.15) is 46.0 Å². The van der Waals surface area contributed by atoms with Crippen LogP contribution in [0.25, 0.3) is 0 Å². The molecule has 1 heterocycles. The molecular formula is C12H21NO3S2. The number of hydrogen-bond acceptors (Lipinski definition) is 4. The SMILES string of the molecule is CC1(C)C(=O)N(CC2(CS)CCCCC2)S1(=O)=O. The van der Waals surface area contributed by atoms with Gasteiger partial charge in [-0.3, -0.25) is 4.79 Å². The predicted molar refractivity (Wildman–Crippen MR) is 74.1 cm³/mol.